The summed E-state index contributed by atoms with van der Waals surface area (Å²) in [6.07, 6.45) is 1.91. The molecule has 4 rings (SSSR count). The minimum Gasteiger partial charge on any atom is -0.465 e. The number of Topliss-reactive ketones (excluding diaryl/α,β-unsaturated/α-hetero) is 1. The van der Waals surface area contributed by atoms with Gasteiger partial charge in [0.2, 0.25) is 0 Å². The Bertz CT molecular complexity index is 1190. The highest BCUT2D eigenvalue weighted by Gasteiger charge is 2.38. The number of benzene rings is 1. The molecule has 0 aliphatic carbocycles. The number of ether oxygens (including phenoxy) is 1. The van der Waals surface area contributed by atoms with Crippen LogP contribution >= 0.6 is 11.3 Å². The Morgan fingerprint density at radius 3 is 2.31 bits per heavy atom. The number of hydrogen-bond donors (Lipinski definition) is 0. The highest BCUT2D eigenvalue weighted by atomic mass is 32.2. The van der Waals surface area contributed by atoms with E-state index in [0.717, 1.165) is 24.2 Å². The van der Waals surface area contributed by atoms with Gasteiger partial charge in [-0.1, -0.05) is 18.2 Å². The van der Waals surface area contributed by atoms with Crippen molar-refractivity contribution in [2.24, 2.45) is 0 Å². The fourth-order valence-electron chi connectivity index (χ4n) is 4.23. The molecule has 0 bridgehead atoms. The molecule has 32 heavy (non-hydrogen) atoms. The van der Waals surface area contributed by atoms with Gasteiger partial charge in [-0.3, -0.25) is 9.59 Å². The molecule has 0 atom stereocenters. The van der Waals surface area contributed by atoms with E-state index in [1.807, 2.05) is 0 Å². The summed E-state index contributed by atoms with van der Waals surface area (Å²) in [5.74, 6) is -1.17. The van der Waals surface area contributed by atoms with Gasteiger partial charge in [-0.2, -0.15) is 4.31 Å². The summed E-state index contributed by atoms with van der Waals surface area (Å²) in [5.41, 5.74) is 1.39. The average Bonchev–Trinajstić information content (AvgIpc) is 3.46. The lowest BCUT2D eigenvalue weighted by molar-refractivity contribution is 0.0595. The predicted molar refractivity (Wildman–Crippen MR) is 119 cm³/mol. The van der Waals surface area contributed by atoms with Crippen LogP contribution in [0.4, 0.5) is 0 Å². The zero-order chi connectivity index (χ0) is 23.0. The molecule has 3 heterocycles. The first kappa shape index (κ1) is 22.6. The summed E-state index contributed by atoms with van der Waals surface area (Å²) in [6, 6.07) is 6.65. The van der Waals surface area contributed by atoms with Gasteiger partial charge in [0.05, 0.1) is 24.8 Å². The second-order valence-corrected chi connectivity index (χ2v) is 11.1. The first-order valence-corrected chi connectivity index (χ1v) is 12.6. The number of fused-ring (bicyclic) bond motifs is 1. The number of sulfonamides is 1. The van der Waals surface area contributed by atoms with E-state index in [0.29, 0.717) is 47.6 Å². The summed E-state index contributed by atoms with van der Waals surface area (Å²) in [4.78, 5) is 40.0. The standard InChI is InChI=1S/C22H24N2O6S2/c1-14(25)15-7-3-4-8-16(15)20(26)23-12-9-17-18(13-23)31-22(19(17)21(27)30-2)32(28,29)24-10-5-6-11-24/h3-4,7-8H,5-6,9-13H2,1-2H3. The summed E-state index contributed by atoms with van der Waals surface area (Å²) in [5, 5.41) is 0. The number of carbonyl (C=O) groups is 3. The quantitative estimate of drug-likeness (QED) is 0.486. The largest absolute Gasteiger partial charge is 0.465 e. The second-order valence-electron chi connectivity index (χ2n) is 7.85. The van der Waals surface area contributed by atoms with E-state index in [4.69, 9.17) is 4.74 Å². The van der Waals surface area contributed by atoms with Crippen LogP contribution in [0.15, 0.2) is 28.5 Å². The molecule has 1 aromatic heterocycles. The summed E-state index contributed by atoms with van der Waals surface area (Å²) >= 11 is 1.04. The van der Waals surface area contributed by atoms with Crippen molar-refractivity contribution >= 4 is 39.0 Å². The maximum atomic E-state index is 13.3. The van der Waals surface area contributed by atoms with Crippen LogP contribution in [-0.4, -0.2) is 62.0 Å². The van der Waals surface area contributed by atoms with Crippen molar-refractivity contribution < 1.29 is 27.5 Å². The number of hydrogen-bond acceptors (Lipinski definition) is 7. The highest BCUT2D eigenvalue weighted by Crippen LogP contribution is 2.39. The molecule has 0 radical (unpaired) electrons. The minimum atomic E-state index is -3.82. The fourth-order valence-corrected chi connectivity index (χ4v) is 7.79. The minimum absolute atomic E-state index is 0.00492. The molecular weight excluding hydrogens is 452 g/mol. The van der Waals surface area contributed by atoms with Crippen LogP contribution in [-0.2, 0) is 27.7 Å². The number of amides is 1. The molecule has 1 aromatic carbocycles. The second kappa shape index (κ2) is 8.76. The van der Waals surface area contributed by atoms with Crippen molar-refractivity contribution in [2.75, 3.05) is 26.7 Å². The number of esters is 1. The number of carbonyl (C=O) groups excluding carboxylic acids is 3. The van der Waals surface area contributed by atoms with Crippen molar-refractivity contribution in [1.29, 1.82) is 0 Å². The van der Waals surface area contributed by atoms with E-state index in [-0.39, 0.29) is 28.0 Å². The van der Waals surface area contributed by atoms with Crippen LogP contribution in [0.3, 0.4) is 0 Å². The van der Waals surface area contributed by atoms with Crippen LogP contribution < -0.4 is 0 Å². The Balaban J connectivity index is 1.71. The topological polar surface area (TPSA) is 101 Å². The van der Waals surface area contributed by atoms with E-state index in [2.05, 4.69) is 0 Å². The molecule has 1 saturated heterocycles. The molecule has 1 amide bonds. The molecule has 8 nitrogen and oxygen atoms in total. The third-order valence-electron chi connectivity index (χ3n) is 5.88. The zero-order valence-corrected chi connectivity index (χ0v) is 19.6. The summed E-state index contributed by atoms with van der Waals surface area (Å²) in [6.45, 7) is 2.75. The Labute approximate surface area is 190 Å². The fraction of sp³-hybridized carbons (Fsp3) is 0.409. The molecule has 2 aliphatic heterocycles. The number of rotatable bonds is 5. The van der Waals surface area contributed by atoms with Gasteiger partial charge >= 0.3 is 5.97 Å². The molecule has 0 spiro atoms. The van der Waals surface area contributed by atoms with E-state index in [9.17, 15) is 22.8 Å². The zero-order valence-electron chi connectivity index (χ0n) is 17.9. The maximum Gasteiger partial charge on any atom is 0.340 e. The van der Waals surface area contributed by atoms with Gasteiger partial charge in [-0.25, -0.2) is 13.2 Å². The summed E-state index contributed by atoms with van der Waals surface area (Å²) < 4.78 is 32.8. The first-order valence-electron chi connectivity index (χ1n) is 10.4. The normalized spacial score (nSPS) is 16.6. The molecule has 1 fully saturated rings. The van der Waals surface area contributed by atoms with Crippen molar-refractivity contribution in [3.05, 3.63) is 51.4 Å². The van der Waals surface area contributed by atoms with Gasteiger partial charge in [0.1, 0.15) is 4.21 Å². The lowest BCUT2D eigenvalue weighted by Crippen LogP contribution is -2.36. The number of nitrogens with zero attached hydrogens (tertiary/aromatic N) is 2. The molecule has 2 aliphatic rings. The Morgan fingerprint density at radius 2 is 1.69 bits per heavy atom. The SMILES string of the molecule is COC(=O)c1c(S(=O)(=O)N2CCCC2)sc2c1CCN(C(=O)c1ccccc1C(C)=O)C2. The Kier molecular flexibility index (Phi) is 6.19. The van der Waals surface area contributed by atoms with Crippen LogP contribution in [0.5, 0.6) is 0 Å². The van der Waals surface area contributed by atoms with E-state index < -0.39 is 16.0 Å². The predicted octanol–water partition coefficient (Wildman–Crippen LogP) is 2.72. The monoisotopic (exact) mass is 476 g/mol. The molecule has 0 unspecified atom stereocenters. The van der Waals surface area contributed by atoms with Crippen molar-refractivity contribution in [3.63, 3.8) is 0 Å². The third-order valence-corrected chi connectivity index (χ3v) is 9.49. The molecule has 2 aromatic rings. The van der Waals surface area contributed by atoms with Gasteiger partial charge in [-0.15, -0.1) is 11.3 Å². The number of ketones is 1. The molecule has 0 N–H and O–H groups in total. The lowest BCUT2D eigenvalue weighted by atomic mass is 10.00. The lowest BCUT2D eigenvalue weighted by Gasteiger charge is -2.28. The molecular formula is C22H24N2O6S2. The van der Waals surface area contributed by atoms with Crippen molar-refractivity contribution in [2.45, 2.75) is 36.9 Å². The van der Waals surface area contributed by atoms with Crippen LogP contribution in [0.1, 0.15) is 61.3 Å². The van der Waals surface area contributed by atoms with Gasteiger partial charge in [-0.05, 0) is 37.8 Å². The van der Waals surface area contributed by atoms with Gasteiger partial charge in [0.15, 0.2) is 5.78 Å². The van der Waals surface area contributed by atoms with E-state index in [1.165, 1.54) is 18.3 Å². The van der Waals surface area contributed by atoms with Crippen LogP contribution in [0.25, 0.3) is 0 Å². The molecule has 170 valence electrons. The third kappa shape index (κ3) is 3.87. The first-order chi connectivity index (χ1) is 15.3. The van der Waals surface area contributed by atoms with Gasteiger partial charge in [0, 0.05) is 30.1 Å². The van der Waals surface area contributed by atoms with Gasteiger partial charge < -0.3 is 9.64 Å². The van der Waals surface area contributed by atoms with Crippen molar-refractivity contribution in [1.82, 2.24) is 9.21 Å². The van der Waals surface area contributed by atoms with Crippen molar-refractivity contribution in [3.8, 4) is 0 Å². The van der Waals surface area contributed by atoms with E-state index in [1.54, 1.807) is 29.2 Å². The Hall–Kier alpha value is -2.56. The maximum absolute atomic E-state index is 13.3. The summed E-state index contributed by atoms with van der Waals surface area (Å²) in [7, 11) is -2.59. The molecule has 10 heteroatoms. The smallest absolute Gasteiger partial charge is 0.340 e. The van der Waals surface area contributed by atoms with E-state index >= 15 is 0 Å². The average molecular weight is 477 g/mol. The highest BCUT2D eigenvalue weighted by molar-refractivity contribution is 7.91. The van der Waals surface area contributed by atoms with Gasteiger partial charge in [0.25, 0.3) is 15.9 Å². The number of thiophene rings is 1. The van der Waals surface area contributed by atoms with Crippen LogP contribution in [0, 0.1) is 0 Å². The number of methoxy groups -OCH3 is 1. The molecule has 0 saturated carbocycles. The Morgan fingerprint density at radius 1 is 1.03 bits per heavy atom. The van der Waals surface area contributed by atoms with Crippen LogP contribution in [0.2, 0.25) is 0 Å².